The number of likely N-dealkylation sites (tertiary alicyclic amines) is 1. The zero-order valence-electron chi connectivity index (χ0n) is 11.8. The highest BCUT2D eigenvalue weighted by molar-refractivity contribution is 5.94. The second kappa shape index (κ2) is 5.18. The summed E-state index contributed by atoms with van der Waals surface area (Å²) in [6, 6.07) is 7.67. The first-order valence-electron chi connectivity index (χ1n) is 7.18. The number of nitrogens with zero attached hydrogens (tertiary/aromatic N) is 6. The Balaban J connectivity index is 1.56. The van der Waals surface area contributed by atoms with Gasteiger partial charge in [0.2, 0.25) is 0 Å². The van der Waals surface area contributed by atoms with E-state index >= 15 is 0 Å². The van der Waals surface area contributed by atoms with Crippen LogP contribution < -0.4 is 0 Å². The lowest BCUT2D eigenvalue weighted by Crippen LogP contribution is -2.30. The monoisotopic (exact) mass is 294 g/mol. The van der Waals surface area contributed by atoms with Gasteiger partial charge in [-0.1, -0.05) is 12.1 Å². The predicted octanol–water partition coefficient (Wildman–Crippen LogP) is 1.31. The van der Waals surface area contributed by atoms with Gasteiger partial charge < -0.3 is 4.90 Å². The van der Waals surface area contributed by atoms with E-state index in [-0.39, 0.29) is 11.9 Å². The summed E-state index contributed by atoms with van der Waals surface area (Å²) in [7, 11) is 0. The van der Waals surface area contributed by atoms with E-state index in [2.05, 4.69) is 20.2 Å². The number of fused-ring (bicyclic) bond motifs is 1. The summed E-state index contributed by atoms with van der Waals surface area (Å²) in [5, 5.41) is 8.29. The molecule has 0 saturated carbocycles. The van der Waals surface area contributed by atoms with E-state index in [4.69, 9.17) is 0 Å². The topological polar surface area (TPSA) is 76.8 Å². The van der Waals surface area contributed by atoms with Crippen LogP contribution >= 0.6 is 0 Å². The Morgan fingerprint density at radius 2 is 1.91 bits per heavy atom. The molecule has 2 aromatic heterocycles. The van der Waals surface area contributed by atoms with Crippen molar-refractivity contribution in [1.82, 2.24) is 29.9 Å². The lowest BCUT2D eigenvalue weighted by molar-refractivity contribution is 0.0780. The fraction of sp³-hybridized carbons (Fsp3) is 0.267. The summed E-state index contributed by atoms with van der Waals surface area (Å²) in [4.78, 5) is 24.7. The van der Waals surface area contributed by atoms with Gasteiger partial charge in [-0.25, -0.2) is 4.98 Å². The molecule has 22 heavy (non-hydrogen) atoms. The lowest BCUT2D eigenvalue weighted by Gasteiger charge is -2.15. The molecular formula is C15H14N6O. The number of hydrogen-bond donors (Lipinski definition) is 0. The third-order valence-corrected chi connectivity index (χ3v) is 3.88. The SMILES string of the molecule is O=C(c1cnc2ccccc2n1)N1CC[C@H](n2nccn2)C1. The van der Waals surface area contributed by atoms with Crippen LogP contribution in [0.2, 0.25) is 0 Å². The number of para-hydroxylation sites is 2. The van der Waals surface area contributed by atoms with Crippen molar-refractivity contribution in [2.24, 2.45) is 0 Å². The Kier molecular flexibility index (Phi) is 3.03. The van der Waals surface area contributed by atoms with E-state index in [1.54, 1.807) is 28.3 Å². The number of hydrogen-bond acceptors (Lipinski definition) is 5. The molecule has 7 nitrogen and oxygen atoms in total. The van der Waals surface area contributed by atoms with Gasteiger partial charge in [-0.15, -0.1) is 0 Å². The average molecular weight is 294 g/mol. The summed E-state index contributed by atoms with van der Waals surface area (Å²) >= 11 is 0. The molecule has 1 aromatic carbocycles. The third-order valence-electron chi connectivity index (χ3n) is 3.88. The average Bonchev–Trinajstić information content (AvgIpc) is 3.24. The van der Waals surface area contributed by atoms with Crippen LogP contribution in [0.1, 0.15) is 23.0 Å². The van der Waals surface area contributed by atoms with Crippen LogP contribution in [0.15, 0.2) is 42.9 Å². The van der Waals surface area contributed by atoms with E-state index in [1.807, 2.05) is 24.3 Å². The van der Waals surface area contributed by atoms with Crippen LogP contribution in [0.3, 0.4) is 0 Å². The molecule has 1 atom stereocenters. The van der Waals surface area contributed by atoms with Gasteiger partial charge in [-0.3, -0.25) is 9.78 Å². The van der Waals surface area contributed by atoms with Crippen LogP contribution in [-0.2, 0) is 0 Å². The van der Waals surface area contributed by atoms with Gasteiger partial charge in [0.25, 0.3) is 5.91 Å². The van der Waals surface area contributed by atoms with Gasteiger partial charge in [0.15, 0.2) is 0 Å². The molecule has 0 bridgehead atoms. The normalized spacial score (nSPS) is 18.0. The number of benzene rings is 1. The molecule has 4 rings (SSSR count). The van der Waals surface area contributed by atoms with E-state index in [0.717, 1.165) is 17.5 Å². The van der Waals surface area contributed by atoms with Gasteiger partial charge in [0.1, 0.15) is 5.69 Å². The zero-order valence-corrected chi connectivity index (χ0v) is 11.8. The van der Waals surface area contributed by atoms with Crippen molar-refractivity contribution < 1.29 is 4.79 Å². The van der Waals surface area contributed by atoms with Crippen molar-refractivity contribution >= 4 is 16.9 Å². The standard InChI is InChI=1S/C15H14N6O/c22-15(14-9-16-12-3-1-2-4-13(12)19-14)20-8-5-11(10-20)21-17-6-7-18-21/h1-4,6-7,9,11H,5,8,10H2/t11-/m0/s1. The van der Waals surface area contributed by atoms with Gasteiger partial charge in [-0.05, 0) is 18.6 Å². The van der Waals surface area contributed by atoms with Crippen LogP contribution in [0.25, 0.3) is 11.0 Å². The Labute approximate surface area is 126 Å². The second-order valence-corrected chi connectivity index (χ2v) is 5.29. The highest BCUT2D eigenvalue weighted by Crippen LogP contribution is 2.21. The van der Waals surface area contributed by atoms with Crippen LogP contribution in [0, 0.1) is 0 Å². The molecular weight excluding hydrogens is 280 g/mol. The number of carbonyl (C=O) groups is 1. The second-order valence-electron chi connectivity index (χ2n) is 5.29. The van der Waals surface area contributed by atoms with Crippen molar-refractivity contribution in [1.29, 1.82) is 0 Å². The quantitative estimate of drug-likeness (QED) is 0.712. The van der Waals surface area contributed by atoms with Crippen molar-refractivity contribution in [3.63, 3.8) is 0 Å². The van der Waals surface area contributed by atoms with Crippen molar-refractivity contribution in [3.05, 3.63) is 48.5 Å². The summed E-state index contributed by atoms with van der Waals surface area (Å²) in [6.45, 7) is 1.28. The smallest absolute Gasteiger partial charge is 0.274 e. The minimum Gasteiger partial charge on any atom is -0.335 e. The van der Waals surface area contributed by atoms with Crippen molar-refractivity contribution in [2.75, 3.05) is 13.1 Å². The minimum absolute atomic E-state index is 0.0899. The summed E-state index contributed by atoms with van der Waals surface area (Å²) in [5.41, 5.74) is 1.91. The molecule has 0 N–H and O–H groups in total. The Morgan fingerprint density at radius 1 is 1.14 bits per heavy atom. The Hall–Kier alpha value is -2.83. The molecule has 1 fully saturated rings. The molecule has 1 saturated heterocycles. The molecule has 3 heterocycles. The van der Waals surface area contributed by atoms with E-state index in [1.165, 1.54) is 0 Å². The molecule has 1 amide bonds. The fourth-order valence-electron chi connectivity index (χ4n) is 2.75. The molecule has 0 aliphatic carbocycles. The third kappa shape index (κ3) is 2.20. The molecule has 7 heteroatoms. The highest BCUT2D eigenvalue weighted by atomic mass is 16.2. The van der Waals surface area contributed by atoms with Gasteiger partial charge in [0, 0.05) is 13.1 Å². The molecule has 1 aliphatic rings. The molecule has 0 unspecified atom stereocenters. The number of carbonyl (C=O) groups excluding carboxylic acids is 1. The molecule has 0 radical (unpaired) electrons. The number of rotatable bonds is 2. The highest BCUT2D eigenvalue weighted by Gasteiger charge is 2.29. The summed E-state index contributed by atoms with van der Waals surface area (Å²) in [6.07, 6.45) is 5.70. The van der Waals surface area contributed by atoms with E-state index in [9.17, 15) is 4.79 Å². The van der Waals surface area contributed by atoms with Gasteiger partial charge in [0.05, 0.1) is 35.7 Å². The maximum atomic E-state index is 12.6. The first kappa shape index (κ1) is 12.9. The van der Waals surface area contributed by atoms with Gasteiger partial charge >= 0.3 is 0 Å². The largest absolute Gasteiger partial charge is 0.335 e. The number of amides is 1. The van der Waals surface area contributed by atoms with Crippen LogP contribution in [0.5, 0.6) is 0 Å². The molecule has 0 spiro atoms. The molecule has 1 aliphatic heterocycles. The Morgan fingerprint density at radius 3 is 2.73 bits per heavy atom. The maximum absolute atomic E-state index is 12.6. The predicted molar refractivity (Wildman–Crippen MR) is 79.1 cm³/mol. The van der Waals surface area contributed by atoms with Crippen LogP contribution in [-0.4, -0.2) is 48.9 Å². The first-order chi connectivity index (χ1) is 10.8. The van der Waals surface area contributed by atoms with E-state index in [0.29, 0.717) is 18.8 Å². The Bertz CT molecular complexity index is 816. The lowest BCUT2D eigenvalue weighted by atomic mass is 10.3. The van der Waals surface area contributed by atoms with E-state index < -0.39 is 0 Å². The molecule has 110 valence electrons. The van der Waals surface area contributed by atoms with Crippen molar-refractivity contribution in [3.8, 4) is 0 Å². The van der Waals surface area contributed by atoms with Crippen molar-refractivity contribution in [2.45, 2.75) is 12.5 Å². The minimum atomic E-state index is -0.0899. The summed E-state index contributed by atoms with van der Waals surface area (Å²) < 4.78 is 0. The zero-order chi connectivity index (χ0) is 14.9. The first-order valence-corrected chi connectivity index (χ1v) is 7.18. The number of aromatic nitrogens is 5. The van der Waals surface area contributed by atoms with Gasteiger partial charge in [-0.2, -0.15) is 15.0 Å². The van der Waals surface area contributed by atoms with Crippen LogP contribution in [0.4, 0.5) is 0 Å². The maximum Gasteiger partial charge on any atom is 0.274 e. The fourth-order valence-corrected chi connectivity index (χ4v) is 2.75. The molecule has 3 aromatic rings. The summed E-state index contributed by atoms with van der Waals surface area (Å²) in [5.74, 6) is -0.0899.